The molecule has 0 aliphatic heterocycles. The van der Waals surface area contributed by atoms with E-state index >= 15 is 0 Å². The summed E-state index contributed by atoms with van der Waals surface area (Å²) in [5.41, 5.74) is 0. The van der Waals surface area contributed by atoms with Crippen molar-refractivity contribution in [3.05, 3.63) is 0 Å². The fourth-order valence-corrected chi connectivity index (χ4v) is 1.50. The second kappa shape index (κ2) is 3.18. The third-order valence-corrected chi connectivity index (χ3v) is 2.21. The summed E-state index contributed by atoms with van der Waals surface area (Å²) in [5, 5.41) is 12.0. The van der Waals surface area contributed by atoms with Gasteiger partial charge in [-0.25, -0.2) is 0 Å². The van der Waals surface area contributed by atoms with Gasteiger partial charge in [-0.3, -0.25) is 0 Å². The summed E-state index contributed by atoms with van der Waals surface area (Å²) < 4.78 is 0. The molecule has 0 radical (unpaired) electrons. The normalized spacial score (nSPS) is 35.3. The molecule has 54 valence electrons. The van der Waals surface area contributed by atoms with Crippen molar-refractivity contribution in [3.8, 4) is 0 Å². The van der Waals surface area contributed by atoms with Gasteiger partial charge in [0.05, 0.1) is 0 Å². The molecule has 1 aliphatic rings. The molecule has 1 rings (SSSR count). The van der Waals surface area contributed by atoms with Crippen molar-refractivity contribution in [3.63, 3.8) is 0 Å². The summed E-state index contributed by atoms with van der Waals surface area (Å²) in [6.07, 6.45) is 3.59. The van der Waals surface area contributed by atoms with Gasteiger partial charge in [-0.1, -0.05) is 0 Å². The quantitative estimate of drug-likeness (QED) is 0.564. The number of aliphatic hydroxyl groups excluding tert-OH is 1. The maximum Gasteiger partial charge on any atom is 0.0459 e. The van der Waals surface area contributed by atoms with E-state index in [0.29, 0.717) is 18.6 Å². The highest BCUT2D eigenvalue weighted by molar-refractivity contribution is 4.78. The first-order valence-electron chi connectivity index (χ1n) is 3.65. The van der Waals surface area contributed by atoms with Crippen molar-refractivity contribution in [2.45, 2.75) is 25.3 Å². The van der Waals surface area contributed by atoms with Crippen LogP contribution in [0.5, 0.6) is 0 Å². The Hall–Kier alpha value is -0.0800. The molecule has 0 saturated heterocycles. The van der Waals surface area contributed by atoms with Crippen molar-refractivity contribution in [2.75, 3.05) is 13.7 Å². The van der Waals surface area contributed by atoms with Crippen LogP contribution < -0.4 is 5.32 Å². The number of nitrogens with one attached hydrogen (secondary N) is 1. The van der Waals surface area contributed by atoms with Gasteiger partial charge >= 0.3 is 0 Å². The number of hydrogen-bond acceptors (Lipinski definition) is 2. The van der Waals surface area contributed by atoms with Crippen LogP contribution in [-0.2, 0) is 0 Å². The largest absolute Gasteiger partial charge is 0.396 e. The molecule has 1 aliphatic carbocycles. The Morgan fingerprint density at radius 2 is 2.33 bits per heavy atom. The highest BCUT2D eigenvalue weighted by Gasteiger charge is 2.21. The Bertz CT molecular complexity index is 75.0. The van der Waals surface area contributed by atoms with Gasteiger partial charge < -0.3 is 10.4 Å². The molecule has 9 heavy (non-hydrogen) atoms. The van der Waals surface area contributed by atoms with Crippen LogP contribution in [0, 0.1) is 5.92 Å². The molecule has 2 heteroatoms. The van der Waals surface area contributed by atoms with Gasteiger partial charge in [0, 0.05) is 12.6 Å². The average Bonchev–Trinajstić information content (AvgIpc) is 2.34. The van der Waals surface area contributed by atoms with Crippen LogP contribution in [-0.4, -0.2) is 24.8 Å². The first kappa shape index (κ1) is 7.03. The SMILES string of the molecule is CN[C@@H]1CC[C@H](CO)C1. The maximum absolute atomic E-state index is 8.75. The zero-order valence-corrected chi connectivity index (χ0v) is 5.93. The number of hydrogen-bond donors (Lipinski definition) is 2. The zero-order chi connectivity index (χ0) is 6.69. The van der Waals surface area contributed by atoms with E-state index in [2.05, 4.69) is 5.32 Å². The van der Waals surface area contributed by atoms with Crippen molar-refractivity contribution in [1.29, 1.82) is 0 Å². The summed E-state index contributed by atoms with van der Waals surface area (Å²) in [5.74, 6) is 0.572. The summed E-state index contributed by atoms with van der Waals surface area (Å²) in [6.45, 7) is 0.373. The molecular formula is C7H15NO. The first-order chi connectivity index (χ1) is 4.36. The van der Waals surface area contributed by atoms with E-state index in [0.717, 1.165) is 6.42 Å². The third kappa shape index (κ3) is 1.66. The standard InChI is InChI=1S/C7H15NO/c1-8-7-3-2-6(4-7)5-9/h6-9H,2-5H2,1H3/t6-,7+/m0/s1. The van der Waals surface area contributed by atoms with Crippen LogP contribution in [0.2, 0.25) is 0 Å². The van der Waals surface area contributed by atoms with Crippen LogP contribution in [0.25, 0.3) is 0 Å². The van der Waals surface area contributed by atoms with Gasteiger partial charge in [-0.05, 0) is 32.2 Å². The topological polar surface area (TPSA) is 32.3 Å². The van der Waals surface area contributed by atoms with Crippen LogP contribution >= 0.6 is 0 Å². The van der Waals surface area contributed by atoms with E-state index in [4.69, 9.17) is 5.11 Å². The van der Waals surface area contributed by atoms with Crippen LogP contribution in [0.1, 0.15) is 19.3 Å². The van der Waals surface area contributed by atoms with Gasteiger partial charge in [0.15, 0.2) is 0 Å². The summed E-state index contributed by atoms with van der Waals surface area (Å²) in [4.78, 5) is 0. The highest BCUT2D eigenvalue weighted by Crippen LogP contribution is 2.24. The molecule has 0 spiro atoms. The number of rotatable bonds is 2. The van der Waals surface area contributed by atoms with Crippen molar-refractivity contribution >= 4 is 0 Å². The maximum atomic E-state index is 8.75. The van der Waals surface area contributed by atoms with Crippen LogP contribution in [0.3, 0.4) is 0 Å². The summed E-state index contributed by atoms with van der Waals surface area (Å²) >= 11 is 0. The minimum absolute atomic E-state index is 0.373. The molecule has 0 amide bonds. The summed E-state index contributed by atoms with van der Waals surface area (Å²) in [6, 6.07) is 0.669. The van der Waals surface area contributed by atoms with E-state index in [1.807, 2.05) is 7.05 Å². The molecule has 0 aromatic carbocycles. The minimum Gasteiger partial charge on any atom is -0.396 e. The lowest BCUT2D eigenvalue weighted by molar-refractivity contribution is 0.228. The predicted octanol–water partition coefficient (Wildman–Crippen LogP) is 0.367. The van der Waals surface area contributed by atoms with E-state index in [1.165, 1.54) is 12.8 Å². The third-order valence-electron chi connectivity index (χ3n) is 2.21. The fourth-order valence-electron chi connectivity index (χ4n) is 1.50. The highest BCUT2D eigenvalue weighted by atomic mass is 16.3. The van der Waals surface area contributed by atoms with Gasteiger partial charge in [0.1, 0.15) is 0 Å². The summed E-state index contributed by atoms with van der Waals surface area (Å²) in [7, 11) is 1.99. The molecule has 0 heterocycles. The zero-order valence-electron chi connectivity index (χ0n) is 5.93. The Balaban J connectivity index is 2.20. The monoisotopic (exact) mass is 129 g/mol. The molecule has 1 saturated carbocycles. The van der Waals surface area contributed by atoms with E-state index in [9.17, 15) is 0 Å². The second-order valence-corrected chi connectivity index (χ2v) is 2.85. The molecule has 0 bridgehead atoms. The van der Waals surface area contributed by atoms with Crippen molar-refractivity contribution in [2.24, 2.45) is 5.92 Å². The van der Waals surface area contributed by atoms with Gasteiger partial charge in [-0.15, -0.1) is 0 Å². The smallest absolute Gasteiger partial charge is 0.0459 e. The Kier molecular flexibility index (Phi) is 2.49. The van der Waals surface area contributed by atoms with Gasteiger partial charge in [-0.2, -0.15) is 0 Å². The van der Waals surface area contributed by atoms with E-state index < -0.39 is 0 Å². The number of aliphatic hydroxyl groups is 1. The first-order valence-corrected chi connectivity index (χ1v) is 3.65. The molecule has 2 nitrogen and oxygen atoms in total. The molecule has 0 aromatic rings. The average molecular weight is 129 g/mol. The minimum atomic E-state index is 0.373. The fraction of sp³-hybridized carbons (Fsp3) is 1.00. The van der Waals surface area contributed by atoms with Crippen LogP contribution in [0.15, 0.2) is 0 Å². The molecular weight excluding hydrogens is 114 g/mol. The Morgan fingerprint density at radius 3 is 2.67 bits per heavy atom. The van der Waals surface area contributed by atoms with Crippen LogP contribution in [0.4, 0.5) is 0 Å². The molecule has 1 fully saturated rings. The molecule has 0 aromatic heterocycles. The Labute approximate surface area is 56.3 Å². The predicted molar refractivity (Wildman–Crippen MR) is 37.3 cm³/mol. The van der Waals surface area contributed by atoms with E-state index in [-0.39, 0.29) is 0 Å². The van der Waals surface area contributed by atoms with Crippen molar-refractivity contribution < 1.29 is 5.11 Å². The van der Waals surface area contributed by atoms with E-state index in [1.54, 1.807) is 0 Å². The molecule has 0 unspecified atom stereocenters. The Morgan fingerprint density at radius 1 is 1.56 bits per heavy atom. The molecule has 2 atom stereocenters. The van der Waals surface area contributed by atoms with Gasteiger partial charge in [0.25, 0.3) is 0 Å². The van der Waals surface area contributed by atoms with Gasteiger partial charge in [0.2, 0.25) is 0 Å². The van der Waals surface area contributed by atoms with Crippen molar-refractivity contribution in [1.82, 2.24) is 5.32 Å². The molecule has 2 N–H and O–H groups in total. The lowest BCUT2D eigenvalue weighted by Gasteiger charge is -2.06. The lowest BCUT2D eigenvalue weighted by Crippen LogP contribution is -2.21. The lowest BCUT2D eigenvalue weighted by atomic mass is 10.1. The second-order valence-electron chi connectivity index (χ2n) is 2.85.